The van der Waals surface area contributed by atoms with Crippen LogP contribution in [0.3, 0.4) is 0 Å². The predicted octanol–water partition coefficient (Wildman–Crippen LogP) is 4.20. The summed E-state index contributed by atoms with van der Waals surface area (Å²) in [6.45, 7) is 3.24. The Morgan fingerprint density at radius 3 is 2.83 bits per heavy atom. The van der Waals surface area contributed by atoms with Gasteiger partial charge in [-0.1, -0.05) is 6.07 Å². The average Bonchev–Trinajstić information content (AvgIpc) is 3.32. The number of halogens is 1. The number of carbonyl (C=O) groups is 2. The Kier molecular flexibility index (Phi) is 5.67. The number of thiophene rings is 1. The van der Waals surface area contributed by atoms with Gasteiger partial charge in [-0.2, -0.15) is 5.10 Å². The Morgan fingerprint density at radius 2 is 2.10 bits per heavy atom. The molecule has 1 unspecified atom stereocenters. The average molecular weight is 427 g/mol. The number of hydrogen-bond acceptors (Lipinski definition) is 4. The zero-order valence-corrected chi connectivity index (χ0v) is 17.7. The molecule has 2 aromatic heterocycles. The van der Waals surface area contributed by atoms with Gasteiger partial charge in [-0.05, 0) is 55.7 Å². The molecule has 0 bridgehead atoms. The summed E-state index contributed by atoms with van der Waals surface area (Å²) in [5.74, 6) is -0.615. The summed E-state index contributed by atoms with van der Waals surface area (Å²) in [5, 5.41) is 7.59. The number of benzene rings is 1. The first-order chi connectivity index (χ1) is 14.4. The van der Waals surface area contributed by atoms with E-state index in [2.05, 4.69) is 10.4 Å². The molecule has 0 radical (unpaired) electrons. The molecular formula is C22H23FN4O2S. The van der Waals surface area contributed by atoms with Crippen LogP contribution in [0.5, 0.6) is 0 Å². The van der Waals surface area contributed by atoms with Gasteiger partial charge in [-0.15, -0.1) is 11.3 Å². The van der Waals surface area contributed by atoms with Crippen molar-refractivity contribution in [1.29, 1.82) is 0 Å². The van der Waals surface area contributed by atoms with Crippen molar-refractivity contribution in [1.82, 2.24) is 14.7 Å². The van der Waals surface area contributed by atoms with E-state index < -0.39 is 11.7 Å². The molecule has 4 rings (SSSR count). The highest BCUT2D eigenvalue weighted by molar-refractivity contribution is 7.18. The molecule has 0 aliphatic carbocycles. The van der Waals surface area contributed by atoms with Crippen molar-refractivity contribution in [2.45, 2.75) is 25.7 Å². The van der Waals surface area contributed by atoms with E-state index >= 15 is 0 Å². The molecule has 0 saturated carbocycles. The highest BCUT2D eigenvalue weighted by atomic mass is 32.1. The zero-order valence-electron chi connectivity index (χ0n) is 16.9. The SMILES string of the molecule is Cc1cc(NC(=O)c2cccc(F)c2)sc1C(=O)N1CCCC(c2ccnn2C)C1. The molecular weight excluding hydrogens is 403 g/mol. The lowest BCUT2D eigenvalue weighted by Gasteiger charge is -2.32. The third-order valence-electron chi connectivity index (χ3n) is 5.42. The van der Waals surface area contributed by atoms with Crippen LogP contribution in [0.2, 0.25) is 0 Å². The fourth-order valence-corrected chi connectivity index (χ4v) is 4.94. The van der Waals surface area contributed by atoms with Crippen LogP contribution in [-0.4, -0.2) is 39.6 Å². The van der Waals surface area contributed by atoms with Crippen LogP contribution < -0.4 is 5.32 Å². The van der Waals surface area contributed by atoms with Crippen LogP contribution in [0.1, 0.15) is 50.0 Å². The molecule has 1 aliphatic rings. The maximum absolute atomic E-state index is 13.4. The van der Waals surface area contributed by atoms with Crippen LogP contribution in [0.15, 0.2) is 42.6 Å². The molecule has 6 nitrogen and oxygen atoms in total. The van der Waals surface area contributed by atoms with E-state index in [1.54, 1.807) is 18.3 Å². The highest BCUT2D eigenvalue weighted by Gasteiger charge is 2.28. The first-order valence-corrected chi connectivity index (χ1v) is 10.7. The highest BCUT2D eigenvalue weighted by Crippen LogP contribution is 2.32. The second kappa shape index (κ2) is 8.39. The second-order valence-corrected chi connectivity index (χ2v) is 8.61. The molecule has 1 aliphatic heterocycles. The molecule has 3 aromatic rings. The van der Waals surface area contributed by atoms with E-state index in [4.69, 9.17) is 0 Å². The molecule has 0 spiro atoms. The fourth-order valence-electron chi connectivity index (χ4n) is 3.90. The summed E-state index contributed by atoms with van der Waals surface area (Å²) in [7, 11) is 1.92. The molecule has 1 atom stereocenters. The molecule has 2 amide bonds. The van der Waals surface area contributed by atoms with Crippen LogP contribution in [-0.2, 0) is 7.05 Å². The van der Waals surface area contributed by atoms with Crippen molar-refractivity contribution in [3.05, 3.63) is 70.1 Å². The Hall–Kier alpha value is -3.00. The molecule has 8 heteroatoms. The first kappa shape index (κ1) is 20.3. The van der Waals surface area contributed by atoms with E-state index in [1.807, 2.05) is 29.6 Å². The van der Waals surface area contributed by atoms with Gasteiger partial charge in [0.2, 0.25) is 0 Å². The lowest BCUT2D eigenvalue weighted by molar-refractivity contribution is 0.0708. The van der Waals surface area contributed by atoms with Gasteiger partial charge < -0.3 is 10.2 Å². The summed E-state index contributed by atoms with van der Waals surface area (Å²) in [6.07, 6.45) is 3.75. The summed E-state index contributed by atoms with van der Waals surface area (Å²) in [5.41, 5.74) is 2.20. The van der Waals surface area contributed by atoms with E-state index in [0.717, 1.165) is 30.6 Å². The van der Waals surface area contributed by atoms with Gasteiger partial charge in [-0.3, -0.25) is 14.3 Å². The number of nitrogens with one attached hydrogen (secondary N) is 1. The van der Waals surface area contributed by atoms with Gasteiger partial charge >= 0.3 is 0 Å². The molecule has 156 valence electrons. The number of hydrogen-bond donors (Lipinski definition) is 1. The van der Waals surface area contributed by atoms with E-state index in [1.165, 1.54) is 29.5 Å². The van der Waals surface area contributed by atoms with Crippen molar-refractivity contribution in [2.75, 3.05) is 18.4 Å². The molecule has 1 saturated heterocycles. The van der Waals surface area contributed by atoms with E-state index in [0.29, 0.717) is 16.4 Å². The quantitative estimate of drug-likeness (QED) is 0.680. The Balaban J connectivity index is 1.48. The van der Waals surface area contributed by atoms with Gasteiger partial charge in [0.05, 0.1) is 9.88 Å². The number of anilines is 1. The van der Waals surface area contributed by atoms with Crippen LogP contribution >= 0.6 is 11.3 Å². The normalized spacial score (nSPS) is 16.5. The maximum Gasteiger partial charge on any atom is 0.264 e. The smallest absolute Gasteiger partial charge is 0.264 e. The van der Waals surface area contributed by atoms with Gasteiger partial charge in [0.25, 0.3) is 11.8 Å². The number of likely N-dealkylation sites (tertiary alicyclic amines) is 1. The van der Waals surface area contributed by atoms with Crippen LogP contribution in [0, 0.1) is 12.7 Å². The number of nitrogens with zero attached hydrogens (tertiary/aromatic N) is 3. The molecule has 1 N–H and O–H groups in total. The number of aryl methyl sites for hydroxylation is 2. The third kappa shape index (κ3) is 4.14. The summed E-state index contributed by atoms with van der Waals surface area (Å²) in [4.78, 5) is 28.1. The number of carbonyl (C=O) groups excluding carboxylic acids is 2. The summed E-state index contributed by atoms with van der Waals surface area (Å²) >= 11 is 1.26. The first-order valence-electron chi connectivity index (χ1n) is 9.87. The Bertz CT molecular complexity index is 1090. The van der Waals surface area contributed by atoms with Gasteiger partial charge in [0, 0.05) is 43.5 Å². The third-order valence-corrected chi connectivity index (χ3v) is 6.56. The minimum Gasteiger partial charge on any atom is -0.337 e. The Morgan fingerprint density at radius 1 is 1.27 bits per heavy atom. The number of amides is 2. The topological polar surface area (TPSA) is 67.2 Å². The van der Waals surface area contributed by atoms with Crippen molar-refractivity contribution in [3.8, 4) is 0 Å². The van der Waals surface area contributed by atoms with Crippen molar-refractivity contribution in [2.24, 2.45) is 7.05 Å². The minimum atomic E-state index is -0.464. The lowest BCUT2D eigenvalue weighted by Crippen LogP contribution is -2.39. The van der Waals surface area contributed by atoms with E-state index in [-0.39, 0.29) is 17.4 Å². The lowest BCUT2D eigenvalue weighted by atomic mass is 9.94. The van der Waals surface area contributed by atoms with Crippen LogP contribution in [0.25, 0.3) is 0 Å². The molecule has 3 heterocycles. The molecule has 1 fully saturated rings. The second-order valence-electron chi connectivity index (χ2n) is 7.56. The predicted molar refractivity (Wildman–Crippen MR) is 114 cm³/mol. The number of rotatable bonds is 4. The van der Waals surface area contributed by atoms with Crippen molar-refractivity contribution >= 4 is 28.2 Å². The van der Waals surface area contributed by atoms with Gasteiger partial charge in [0.1, 0.15) is 5.82 Å². The fraction of sp³-hybridized carbons (Fsp3) is 0.318. The van der Waals surface area contributed by atoms with Crippen molar-refractivity contribution in [3.63, 3.8) is 0 Å². The Labute approximate surface area is 178 Å². The largest absolute Gasteiger partial charge is 0.337 e. The van der Waals surface area contributed by atoms with Crippen LogP contribution in [0.4, 0.5) is 9.39 Å². The number of aromatic nitrogens is 2. The van der Waals surface area contributed by atoms with Crippen molar-refractivity contribution < 1.29 is 14.0 Å². The van der Waals surface area contributed by atoms with Gasteiger partial charge in [0.15, 0.2) is 0 Å². The molecule has 1 aromatic carbocycles. The van der Waals surface area contributed by atoms with Gasteiger partial charge in [-0.25, -0.2) is 4.39 Å². The molecule has 30 heavy (non-hydrogen) atoms. The van der Waals surface area contributed by atoms with E-state index in [9.17, 15) is 14.0 Å². The standard InChI is InChI=1S/C22H23FN4O2S/c1-14-11-19(25-21(28)15-5-3-7-17(23)12-15)30-20(14)22(29)27-10-4-6-16(13-27)18-8-9-24-26(18)2/h3,5,7-9,11-12,16H,4,6,10,13H2,1-2H3,(H,25,28). The number of piperidine rings is 1. The zero-order chi connectivity index (χ0) is 21.3. The summed E-state index contributed by atoms with van der Waals surface area (Å²) < 4.78 is 15.2. The summed E-state index contributed by atoms with van der Waals surface area (Å²) in [6, 6.07) is 9.33. The monoisotopic (exact) mass is 426 g/mol. The maximum atomic E-state index is 13.4. The minimum absolute atomic E-state index is 0.0179.